The average Bonchev–Trinajstić information content (AvgIpc) is 3.03. The molecule has 2 heterocycles. The average molecular weight is 413 g/mol. The fourth-order valence-electron chi connectivity index (χ4n) is 2.55. The number of carbonyl (C=O) groups is 1. The van der Waals surface area contributed by atoms with Crippen LogP contribution in [0, 0.1) is 0 Å². The van der Waals surface area contributed by atoms with Gasteiger partial charge in [0.25, 0.3) is 5.91 Å². The molecule has 1 aromatic carbocycles. The quantitative estimate of drug-likeness (QED) is 0.702. The lowest BCUT2D eigenvalue weighted by Gasteiger charge is -2.10. The van der Waals surface area contributed by atoms with Crippen molar-refractivity contribution in [1.82, 2.24) is 24.2 Å². The lowest BCUT2D eigenvalue weighted by molar-refractivity contribution is -0.144. The fraction of sp³-hybridized carbons (Fsp3) is 0.250. The van der Waals surface area contributed by atoms with E-state index in [9.17, 15) is 26.4 Å². The number of hydrogen-bond acceptors (Lipinski definition) is 6. The van der Waals surface area contributed by atoms with Crippen LogP contribution in [0.5, 0.6) is 0 Å². The molecule has 0 atom stereocenters. The summed E-state index contributed by atoms with van der Waals surface area (Å²) in [6.45, 7) is 1.65. The molecule has 0 aliphatic heterocycles. The molecule has 0 radical (unpaired) electrons. The molecule has 0 saturated heterocycles. The number of amides is 1. The van der Waals surface area contributed by atoms with Gasteiger partial charge in [-0.3, -0.25) is 9.36 Å². The Hall–Kier alpha value is -3.02. The molecule has 1 N–H and O–H groups in total. The lowest BCUT2D eigenvalue weighted by Crippen LogP contribution is -2.29. The summed E-state index contributed by atoms with van der Waals surface area (Å²) < 4.78 is 65.0. The predicted molar refractivity (Wildman–Crippen MR) is 93.4 cm³/mol. The van der Waals surface area contributed by atoms with Crippen molar-refractivity contribution in [2.45, 2.75) is 19.5 Å². The number of aromatic nitrogens is 4. The fourth-order valence-corrected chi connectivity index (χ4v) is 3.00. The summed E-state index contributed by atoms with van der Waals surface area (Å²) in [5.41, 5.74) is 0.575. The molecular weight excluding hydrogens is 399 g/mol. The summed E-state index contributed by atoms with van der Waals surface area (Å²) in [5.74, 6) is -2.15. The first-order valence-electron chi connectivity index (χ1n) is 7.93. The van der Waals surface area contributed by atoms with Gasteiger partial charge in [0.15, 0.2) is 5.65 Å². The van der Waals surface area contributed by atoms with Gasteiger partial charge in [0, 0.05) is 11.3 Å². The molecule has 0 bridgehead atoms. The maximum atomic E-state index is 13.1. The molecule has 0 unspecified atom stereocenters. The zero-order valence-corrected chi connectivity index (χ0v) is 15.5. The van der Waals surface area contributed by atoms with Crippen LogP contribution >= 0.6 is 0 Å². The molecule has 3 rings (SSSR count). The summed E-state index contributed by atoms with van der Waals surface area (Å²) >= 11 is 0. The normalized spacial score (nSPS) is 12.3. The van der Waals surface area contributed by atoms with Crippen molar-refractivity contribution in [3.05, 3.63) is 47.7 Å². The van der Waals surface area contributed by atoms with Crippen molar-refractivity contribution in [3.63, 3.8) is 0 Å². The van der Waals surface area contributed by atoms with Crippen LogP contribution in [0.3, 0.4) is 0 Å². The van der Waals surface area contributed by atoms with E-state index in [0.717, 1.165) is 6.26 Å². The summed E-state index contributed by atoms with van der Waals surface area (Å²) in [6.07, 6.45) is -2.41. The van der Waals surface area contributed by atoms with Crippen molar-refractivity contribution in [2.24, 2.45) is 0 Å². The molecule has 0 spiro atoms. The number of imidazole rings is 1. The Morgan fingerprint density at radius 3 is 2.57 bits per heavy atom. The molecule has 2 aromatic heterocycles. The van der Waals surface area contributed by atoms with Gasteiger partial charge >= 0.3 is 6.18 Å². The summed E-state index contributed by atoms with van der Waals surface area (Å²) in [5, 5.41) is 0. The highest BCUT2D eigenvalue weighted by Gasteiger charge is 2.36. The minimum atomic E-state index is -4.73. The number of sulfonamides is 1. The lowest BCUT2D eigenvalue weighted by atomic mass is 10.2. The minimum absolute atomic E-state index is 0.00518. The maximum Gasteiger partial charge on any atom is 0.451 e. The molecule has 8 nitrogen and oxygen atoms in total. The van der Waals surface area contributed by atoms with Gasteiger partial charge in [-0.05, 0) is 24.6 Å². The smallest absolute Gasteiger partial charge is 0.283 e. The van der Waals surface area contributed by atoms with E-state index >= 15 is 0 Å². The molecule has 1 amide bonds. The number of carbonyl (C=O) groups excluding carboxylic acids is 1. The van der Waals surface area contributed by atoms with Gasteiger partial charge in [-0.15, -0.1) is 0 Å². The van der Waals surface area contributed by atoms with Crippen LogP contribution in [0.25, 0.3) is 16.9 Å². The van der Waals surface area contributed by atoms with E-state index < -0.39 is 27.9 Å². The van der Waals surface area contributed by atoms with Crippen molar-refractivity contribution in [3.8, 4) is 5.69 Å². The number of benzene rings is 1. The summed E-state index contributed by atoms with van der Waals surface area (Å²) in [6, 6.07) is 5.68. The summed E-state index contributed by atoms with van der Waals surface area (Å²) in [4.78, 5) is 23.3. The van der Waals surface area contributed by atoms with E-state index in [1.165, 1.54) is 35.2 Å². The zero-order valence-electron chi connectivity index (χ0n) is 14.6. The highest BCUT2D eigenvalue weighted by molar-refractivity contribution is 7.89. The van der Waals surface area contributed by atoms with E-state index in [0.29, 0.717) is 0 Å². The Balaban J connectivity index is 2.14. The molecular formula is C16H14F3N5O3S. The van der Waals surface area contributed by atoms with Crippen LogP contribution in [0.4, 0.5) is 13.2 Å². The first kappa shape index (κ1) is 19.7. The molecule has 3 aromatic rings. The van der Waals surface area contributed by atoms with Gasteiger partial charge in [-0.1, -0.05) is 13.0 Å². The molecule has 12 heteroatoms. The van der Waals surface area contributed by atoms with Crippen LogP contribution in [-0.4, -0.2) is 40.1 Å². The SMILES string of the molecule is CCc1nc(C(F)(F)F)nc2c1ncn2-c1cccc(C(=O)NS(C)(=O)=O)c1. The van der Waals surface area contributed by atoms with Crippen molar-refractivity contribution < 1.29 is 26.4 Å². The third-order valence-corrected chi connectivity index (χ3v) is 4.28. The van der Waals surface area contributed by atoms with E-state index in [1.807, 2.05) is 4.72 Å². The Kier molecular flexibility index (Phi) is 4.83. The number of rotatable bonds is 4. The third kappa shape index (κ3) is 3.96. The van der Waals surface area contributed by atoms with Crippen LogP contribution in [-0.2, 0) is 22.6 Å². The van der Waals surface area contributed by atoms with Gasteiger partial charge in [0.2, 0.25) is 15.8 Å². The molecule has 148 valence electrons. The monoisotopic (exact) mass is 413 g/mol. The minimum Gasteiger partial charge on any atom is -0.283 e. The molecule has 0 aliphatic rings. The van der Waals surface area contributed by atoms with E-state index in [2.05, 4.69) is 15.0 Å². The third-order valence-electron chi connectivity index (χ3n) is 3.72. The van der Waals surface area contributed by atoms with Gasteiger partial charge < -0.3 is 0 Å². The molecule has 0 fully saturated rings. The van der Waals surface area contributed by atoms with Crippen molar-refractivity contribution >= 4 is 27.1 Å². The zero-order chi connectivity index (χ0) is 20.7. The summed E-state index contributed by atoms with van der Waals surface area (Å²) in [7, 11) is -3.77. The Bertz CT molecular complexity index is 1170. The van der Waals surface area contributed by atoms with Crippen molar-refractivity contribution in [2.75, 3.05) is 6.26 Å². The second kappa shape index (κ2) is 6.86. The van der Waals surface area contributed by atoms with Gasteiger partial charge in [-0.25, -0.2) is 28.1 Å². The van der Waals surface area contributed by atoms with Crippen LogP contribution < -0.4 is 4.72 Å². The maximum absolute atomic E-state index is 13.1. The number of hydrogen-bond donors (Lipinski definition) is 1. The van der Waals surface area contributed by atoms with Crippen LogP contribution in [0.15, 0.2) is 30.6 Å². The van der Waals surface area contributed by atoms with E-state index in [1.54, 1.807) is 6.92 Å². The number of aryl methyl sites for hydroxylation is 1. The number of nitrogens with one attached hydrogen (secondary N) is 1. The van der Waals surface area contributed by atoms with Gasteiger partial charge in [-0.2, -0.15) is 13.2 Å². The molecule has 0 saturated carbocycles. The highest BCUT2D eigenvalue weighted by Crippen LogP contribution is 2.29. The van der Waals surface area contributed by atoms with Gasteiger partial charge in [0.1, 0.15) is 11.8 Å². The predicted octanol–water partition coefficient (Wildman–Crippen LogP) is 2.09. The molecule has 0 aliphatic carbocycles. The van der Waals surface area contributed by atoms with Gasteiger partial charge in [0.05, 0.1) is 11.9 Å². The van der Waals surface area contributed by atoms with E-state index in [-0.39, 0.29) is 34.5 Å². The topological polar surface area (TPSA) is 107 Å². The van der Waals surface area contributed by atoms with Crippen LogP contribution in [0.2, 0.25) is 0 Å². The number of halogens is 3. The second-order valence-corrected chi connectivity index (χ2v) is 7.63. The van der Waals surface area contributed by atoms with Crippen molar-refractivity contribution in [1.29, 1.82) is 0 Å². The number of alkyl halides is 3. The Morgan fingerprint density at radius 2 is 1.96 bits per heavy atom. The number of fused-ring (bicyclic) bond motifs is 1. The standard InChI is InChI=1S/C16H14F3N5O3S/c1-3-11-12-13(22-15(21-11)16(17,18)19)24(8-20-12)10-6-4-5-9(7-10)14(25)23-28(2,26)27/h4-8H,3H2,1-2H3,(H,23,25). The first-order chi connectivity index (χ1) is 13.0. The van der Waals surface area contributed by atoms with Crippen LogP contribution in [0.1, 0.15) is 28.8 Å². The molecule has 28 heavy (non-hydrogen) atoms. The largest absolute Gasteiger partial charge is 0.451 e. The number of nitrogens with zero attached hydrogens (tertiary/aromatic N) is 4. The Labute approximate surface area is 157 Å². The first-order valence-corrected chi connectivity index (χ1v) is 9.82. The Morgan fingerprint density at radius 1 is 1.25 bits per heavy atom. The highest BCUT2D eigenvalue weighted by atomic mass is 32.2. The van der Waals surface area contributed by atoms with E-state index in [4.69, 9.17) is 0 Å². The second-order valence-electron chi connectivity index (χ2n) is 5.89.